The van der Waals surface area contributed by atoms with Gasteiger partial charge in [-0.15, -0.1) is 0 Å². The molecule has 0 amide bonds. The summed E-state index contributed by atoms with van der Waals surface area (Å²) in [4.78, 5) is 18.1. The normalized spacial score (nSPS) is 18.6. The van der Waals surface area contributed by atoms with Gasteiger partial charge in [0.25, 0.3) is 0 Å². The molecule has 0 spiro atoms. The Labute approximate surface area is 280 Å². The Morgan fingerprint density at radius 3 is 2.69 bits per heavy atom. The maximum absolute atomic E-state index is 14.1. The van der Waals surface area contributed by atoms with Crippen LogP contribution >= 0.6 is 0 Å². The zero-order valence-electron chi connectivity index (χ0n) is 27.9. The van der Waals surface area contributed by atoms with E-state index in [-0.39, 0.29) is 29.8 Å². The van der Waals surface area contributed by atoms with Crippen LogP contribution in [0.4, 0.5) is 4.39 Å². The number of furan rings is 1. The minimum Gasteiger partial charge on any atom is -0.469 e. The van der Waals surface area contributed by atoms with Crippen LogP contribution in [0, 0.1) is 25.7 Å². The zero-order chi connectivity index (χ0) is 34.6. The molecule has 2 aliphatic carbocycles. The fourth-order valence-corrected chi connectivity index (χ4v) is 7.49. The topological polar surface area (TPSA) is 160 Å². The van der Waals surface area contributed by atoms with Crippen molar-refractivity contribution in [1.82, 2.24) is 19.6 Å². The fourth-order valence-electron chi connectivity index (χ4n) is 6.27. The number of carbonyl (C=O) groups excluding carboxylic acids is 1. The Morgan fingerprint density at radius 1 is 1.29 bits per heavy atom. The van der Waals surface area contributed by atoms with Gasteiger partial charge in [-0.1, -0.05) is 32.1 Å². The van der Waals surface area contributed by atoms with Gasteiger partial charge in [-0.2, -0.15) is 4.39 Å². The number of aromatic amines is 1. The largest absolute Gasteiger partial charge is 0.469 e. The third-order valence-electron chi connectivity index (χ3n) is 8.78. The van der Waals surface area contributed by atoms with Gasteiger partial charge in [-0.05, 0) is 86.7 Å². The average Bonchev–Trinajstić information content (AvgIpc) is 3.59. The average molecular weight is 681 g/mol. The monoisotopic (exact) mass is 680 g/mol. The number of ether oxygens (including phenoxy) is 1. The Kier molecular flexibility index (Phi) is 11.0. The summed E-state index contributed by atoms with van der Waals surface area (Å²) in [5.74, 6) is 6.36. The first-order chi connectivity index (χ1) is 22.8. The molecule has 0 aromatic carbocycles. The highest BCUT2D eigenvalue weighted by Gasteiger charge is 2.27. The number of hydrogen-bond acceptors (Lipinski definition) is 9. The number of carbonyl (C=O) groups is 1. The lowest BCUT2D eigenvalue weighted by Gasteiger charge is -2.33. The molecule has 1 atom stereocenters. The Hall–Kier alpha value is -4.09. The van der Waals surface area contributed by atoms with E-state index in [1.54, 1.807) is 18.5 Å². The molecule has 6 N–H and O–H groups in total. The molecule has 5 rings (SSSR count). The summed E-state index contributed by atoms with van der Waals surface area (Å²) in [6, 6.07) is 0. The maximum atomic E-state index is 14.1. The number of likely N-dealkylation sites (tertiary alicyclic amines) is 1. The van der Waals surface area contributed by atoms with Crippen molar-refractivity contribution >= 4 is 39.1 Å². The standard InChI is InChI=1S/C35H45FN6O5S/c1-22(2)20-47-35(43)34-33(29-17-27(36)7-10-31(29)40-34)30(37)19-42(38)18-25-11-14-41(15-12-25)16-13-39-48(44,45)28-8-5-26(6-9-28)32-23(3)21-46-24(32)4/h5-6,8,17,19,21-22,25,28,39-40H,9,11-16,18,20,37-38H2,1-4H3/b30-19-. The molecule has 0 radical (unpaired) electrons. The van der Waals surface area contributed by atoms with Gasteiger partial charge < -0.3 is 29.8 Å². The van der Waals surface area contributed by atoms with Crippen molar-refractivity contribution in [2.24, 2.45) is 23.4 Å². The number of nitrogens with two attached hydrogens (primary N) is 2. The van der Waals surface area contributed by atoms with E-state index in [1.165, 1.54) is 11.1 Å². The molecule has 0 bridgehead atoms. The van der Waals surface area contributed by atoms with Crippen molar-refractivity contribution in [1.29, 1.82) is 0 Å². The lowest BCUT2D eigenvalue weighted by atomic mass is 9.96. The van der Waals surface area contributed by atoms with Gasteiger partial charge in [0.2, 0.25) is 10.0 Å². The van der Waals surface area contributed by atoms with E-state index in [4.69, 9.17) is 20.7 Å². The zero-order valence-corrected chi connectivity index (χ0v) is 28.8. The molecule has 48 heavy (non-hydrogen) atoms. The Bertz CT molecular complexity index is 1920. The number of H-pyrrole nitrogens is 1. The number of nitrogens with zero attached hydrogens (tertiary/aromatic N) is 2. The number of hydrogen-bond donors (Lipinski definition) is 4. The fraction of sp³-hybridized carbons (Fsp3) is 0.457. The smallest absolute Gasteiger partial charge is 0.355 e. The summed E-state index contributed by atoms with van der Waals surface area (Å²) >= 11 is 0. The number of allylic oxidation sites excluding steroid dienone is 4. The molecular formula is C35H45FN6O5S. The molecule has 258 valence electrons. The number of piperidine rings is 1. The summed E-state index contributed by atoms with van der Waals surface area (Å²) in [7, 11) is -3.51. The number of hydrazine groups is 1. The van der Waals surface area contributed by atoms with E-state index in [1.807, 2.05) is 39.8 Å². The van der Waals surface area contributed by atoms with E-state index < -0.39 is 27.1 Å². The molecule has 1 unspecified atom stereocenters. The molecule has 1 saturated heterocycles. The number of aryl methyl sites for hydroxylation is 2. The van der Waals surface area contributed by atoms with Crippen molar-refractivity contribution in [2.45, 2.75) is 52.2 Å². The van der Waals surface area contributed by atoms with Crippen molar-refractivity contribution in [3.05, 3.63) is 81.0 Å². The third-order valence-corrected chi connectivity index (χ3v) is 10.5. The first-order valence-electron chi connectivity index (χ1n) is 16.3. The quantitative estimate of drug-likeness (QED) is 0.108. The summed E-state index contributed by atoms with van der Waals surface area (Å²) in [6.45, 7) is 11.0. The summed E-state index contributed by atoms with van der Waals surface area (Å²) in [6.07, 6.45) is 12.2. The van der Waals surface area contributed by atoms with Crippen molar-refractivity contribution in [3.63, 3.8) is 0 Å². The number of halogens is 1. The second kappa shape index (κ2) is 15.0. The SMILES string of the molecule is Cc1coc(C)c1C1=CCC(S(=O)(=O)NCCN2CCC(CN(N)/C=C(\N)c3c(C(=O)OCC(C)C)[nH]c4c3=CC(F)=C=C=4)CC2)C=C1. The van der Waals surface area contributed by atoms with Crippen LogP contribution in [0.25, 0.3) is 23.1 Å². The van der Waals surface area contributed by atoms with Gasteiger partial charge >= 0.3 is 5.97 Å². The molecule has 2 aromatic heterocycles. The molecule has 2 aromatic rings. The Balaban J connectivity index is 1.11. The van der Waals surface area contributed by atoms with E-state index in [2.05, 4.69) is 26.1 Å². The van der Waals surface area contributed by atoms with Crippen LogP contribution in [-0.2, 0) is 14.8 Å². The number of esters is 1. The molecule has 11 nitrogen and oxygen atoms in total. The van der Waals surface area contributed by atoms with Crippen molar-refractivity contribution in [2.75, 3.05) is 39.3 Å². The van der Waals surface area contributed by atoms with E-state index in [0.717, 1.165) is 48.4 Å². The second-order valence-corrected chi connectivity index (χ2v) is 15.0. The highest BCUT2D eigenvalue weighted by Crippen LogP contribution is 2.30. The Morgan fingerprint density at radius 2 is 2.04 bits per heavy atom. The second-order valence-electron chi connectivity index (χ2n) is 13.0. The lowest BCUT2D eigenvalue weighted by Crippen LogP contribution is -2.43. The van der Waals surface area contributed by atoms with Crippen molar-refractivity contribution in [3.8, 4) is 0 Å². The molecular weight excluding hydrogens is 635 g/mol. The summed E-state index contributed by atoms with van der Waals surface area (Å²) in [5, 5.41) is 1.65. The van der Waals surface area contributed by atoms with Gasteiger partial charge in [-0.25, -0.2) is 23.8 Å². The number of fused-ring (bicyclic) bond motifs is 1. The van der Waals surface area contributed by atoms with Crippen molar-refractivity contribution < 1.29 is 26.8 Å². The summed E-state index contributed by atoms with van der Waals surface area (Å²) in [5.41, 5.74) is 15.1. The van der Waals surface area contributed by atoms with E-state index >= 15 is 0 Å². The molecule has 0 saturated carbocycles. The minimum absolute atomic E-state index is 0.104. The molecule has 1 aliphatic heterocycles. The van der Waals surface area contributed by atoms with Crippen LogP contribution in [0.5, 0.6) is 0 Å². The van der Waals surface area contributed by atoms with Crippen LogP contribution in [0.1, 0.15) is 66.0 Å². The predicted octanol–water partition coefficient (Wildman–Crippen LogP) is 2.70. The van der Waals surface area contributed by atoms with Gasteiger partial charge in [0.1, 0.15) is 11.5 Å². The van der Waals surface area contributed by atoms with Crippen LogP contribution in [-0.4, -0.2) is 73.9 Å². The lowest BCUT2D eigenvalue weighted by molar-refractivity contribution is 0.0452. The number of rotatable bonds is 13. The van der Waals surface area contributed by atoms with Crippen LogP contribution in [0.3, 0.4) is 0 Å². The predicted molar refractivity (Wildman–Crippen MR) is 184 cm³/mol. The van der Waals surface area contributed by atoms with Crippen LogP contribution in [0.15, 0.2) is 46.7 Å². The third kappa shape index (κ3) is 8.30. The van der Waals surface area contributed by atoms with Crippen LogP contribution < -0.4 is 26.9 Å². The highest BCUT2D eigenvalue weighted by atomic mass is 32.2. The minimum atomic E-state index is -3.51. The van der Waals surface area contributed by atoms with Gasteiger partial charge in [0.05, 0.1) is 29.2 Å². The molecule has 13 heteroatoms. The molecule has 3 heterocycles. The maximum Gasteiger partial charge on any atom is 0.355 e. The first-order valence-corrected chi connectivity index (χ1v) is 17.8. The highest BCUT2D eigenvalue weighted by molar-refractivity contribution is 7.90. The number of sulfonamides is 1. The van der Waals surface area contributed by atoms with Gasteiger partial charge in [-0.3, -0.25) is 0 Å². The molecule has 3 aliphatic rings. The van der Waals surface area contributed by atoms with Gasteiger partial charge in [0.15, 0.2) is 5.83 Å². The van der Waals surface area contributed by atoms with Gasteiger partial charge in [0, 0.05) is 42.2 Å². The number of nitrogens with one attached hydrogen (secondary N) is 2. The first kappa shape index (κ1) is 35.2. The van der Waals surface area contributed by atoms with Crippen LogP contribution in [0.2, 0.25) is 0 Å². The van der Waals surface area contributed by atoms with E-state index in [9.17, 15) is 17.6 Å². The van der Waals surface area contributed by atoms with E-state index in [0.29, 0.717) is 42.2 Å². The number of aromatic nitrogens is 1. The molecule has 1 fully saturated rings. The summed E-state index contributed by atoms with van der Waals surface area (Å²) < 4.78 is 53.8.